The summed E-state index contributed by atoms with van der Waals surface area (Å²) in [5.41, 5.74) is 2.29. The largest absolute Gasteiger partial charge is 0.384 e. The molecule has 0 fully saturated rings. The van der Waals surface area contributed by atoms with E-state index in [1.54, 1.807) is 0 Å². The number of fused-ring (bicyclic) bond motifs is 1. The number of halogens is 1. The highest BCUT2D eigenvalue weighted by Crippen LogP contribution is 2.34. The number of anilines is 1. The summed E-state index contributed by atoms with van der Waals surface area (Å²) in [6, 6.07) is 7.98. The third kappa shape index (κ3) is 1.48. The van der Waals surface area contributed by atoms with E-state index in [2.05, 4.69) is 11.4 Å². The first-order valence-corrected chi connectivity index (χ1v) is 4.59. The van der Waals surface area contributed by atoms with Gasteiger partial charge in [0.2, 0.25) is 0 Å². The highest BCUT2D eigenvalue weighted by atomic mass is 35.5. The van der Waals surface area contributed by atoms with Gasteiger partial charge in [0.1, 0.15) is 0 Å². The number of rotatable bonds is 1. The molecular weight excluding hydrogens is 184 g/mol. The lowest BCUT2D eigenvalue weighted by molar-refractivity contribution is 0.780. The molecule has 1 aromatic carbocycles. The Labute approximate surface area is 82.1 Å². The lowest BCUT2D eigenvalue weighted by Gasteiger charge is -2.03. The van der Waals surface area contributed by atoms with Crippen LogP contribution in [-0.2, 0) is 0 Å². The summed E-state index contributed by atoms with van der Waals surface area (Å²) in [4.78, 5) is 0. The van der Waals surface area contributed by atoms with Crippen LogP contribution in [0.1, 0.15) is 17.9 Å². The summed E-state index contributed by atoms with van der Waals surface area (Å²) in [6.07, 6.45) is 0.571. The van der Waals surface area contributed by atoms with E-state index in [4.69, 9.17) is 16.9 Å². The maximum atomic E-state index is 8.60. The topological polar surface area (TPSA) is 35.8 Å². The van der Waals surface area contributed by atoms with E-state index >= 15 is 0 Å². The number of hydrogen-bond acceptors (Lipinski definition) is 2. The second kappa shape index (κ2) is 3.27. The number of nitrogens with one attached hydrogen (secondary N) is 1. The molecule has 0 aliphatic carbocycles. The fourth-order valence-corrected chi connectivity index (χ4v) is 1.85. The molecule has 0 saturated carbocycles. The van der Waals surface area contributed by atoms with Crippen LogP contribution >= 0.6 is 11.6 Å². The van der Waals surface area contributed by atoms with Crippen molar-refractivity contribution in [1.29, 1.82) is 5.26 Å². The summed E-state index contributed by atoms with van der Waals surface area (Å²) in [6.45, 7) is 0.850. The molecular formula is C10H9ClN2. The van der Waals surface area contributed by atoms with Gasteiger partial charge in [-0.05, 0) is 17.7 Å². The number of nitrogens with zero attached hydrogens (tertiary/aromatic N) is 1. The second-order valence-electron chi connectivity index (χ2n) is 3.17. The summed E-state index contributed by atoms with van der Waals surface area (Å²) >= 11 is 5.84. The van der Waals surface area contributed by atoms with Crippen molar-refractivity contribution in [3.8, 4) is 6.07 Å². The first kappa shape index (κ1) is 8.40. The normalized spacial score (nSPS) is 18.9. The van der Waals surface area contributed by atoms with E-state index in [9.17, 15) is 0 Å². The minimum absolute atomic E-state index is 0.331. The smallest absolute Gasteiger partial charge is 0.0628 e. The Hall–Kier alpha value is -1.20. The van der Waals surface area contributed by atoms with Crippen molar-refractivity contribution in [3.63, 3.8) is 0 Å². The molecule has 1 aliphatic heterocycles. The van der Waals surface area contributed by atoms with Gasteiger partial charge in [-0.25, -0.2) is 0 Å². The highest BCUT2D eigenvalue weighted by molar-refractivity contribution is 6.30. The van der Waals surface area contributed by atoms with Gasteiger partial charge in [0.25, 0.3) is 0 Å². The third-order valence-corrected chi connectivity index (χ3v) is 2.57. The fourth-order valence-electron chi connectivity index (χ4n) is 1.67. The van der Waals surface area contributed by atoms with Crippen molar-refractivity contribution >= 4 is 17.3 Å². The van der Waals surface area contributed by atoms with Gasteiger partial charge in [-0.3, -0.25) is 0 Å². The summed E-state index contributed by atoms with van der Waals surface area (Å²) in [5, 5.41) is 12.6. The van der Waals surface area contributed by atoms with Crippen molar-refractivity contribution in [2.75, 3.05) is 11.9 Å². The molecule has 1 aliphatic rings. The summed E-state index contributed by atoms with van der Waals surface area (Å²) < 4.78 is 0. The third-order valence-electron chi connectivity index (χ3n) is 2.33. The Morgan fingerprint density at radius 2 is 2.46 bits per heavy atom. The van der Waals surface area contributed by atoms with E-state index in [1.165, 1.54) is 5.56 Å². The van der Waals surface area contributed by atoms with Crippen molar-refractivity contribution in [1.82, 2.24) is 0 Å². The van der Waals surface area contributed by atoms with Crippen molar-refractivity contribution in [2.45, 2.75) is 12.3 Å². The van der Waals surface area contributed by atoms with Crippen LogP contribution in [0.25, 0.3) is 0 Å². The molecule has 3 heteroatoms. The van der Waals surface area contributed by atoms with Crippen LogP contribution in [0.2, 0.25) is 5.02 Å². The zero-order chi connectivity index (χ0) is 9.26. The van der Waals surface area contributed by atoms with Gasteiger partial charge in [0, 0.05) is 29.6 Å². The second-order valence-corrected chi connectivity index (χ2v) is 3.61. The van der Waals surface area contributed by atoms with Crippen LogP contribution < -0.4 is 5.32 Å². The van der Waals surface area contributed by atoms with Gasteiger partial charge in [-0.2, -0.15) is 5.26 Å². The molecule has 1 aromatic rings. The Kier molecular flexibility index (Phi) is 2.12. The van der Waals surface area contributed by atoms with Gasteiger partial charge in [-0.15, -0.1) is 0 Å². The molecule has 1 atom stereocenters. The number of benzene rings is 1. The molecule has 1 heterocycles. The van der Waals surface area contributed by atoms with Crippen LogP contribution in [0.15, 0.2) is 18.2 Å². The average molecular weight is 193 g/mol. The average Bonchev–Trinajstić information content (AvgIpc) is 2.49. The first-order chi connectivity index (χ1) is 6.31. The van der Waals surface area contributed by atoms with Crippen molar-refractivity contribution < 1.29 is 0 Å². The van der Waals surface area contributed by atoms with Gasteiger partial charge in [0.05, 0.1) is 6.07 Å². The fraction of sp³-hybridized carbons (Fsp3) is 0.300. The highest BCUT2D eigenvalue weighted by Gasteiger charge is 2.21. The molecule has 0 saturated heterocycles. The van der Waals surface area contributed by atoms with E-state index in [0.717, 1.165) is 17.3 Å². The molecule has 2 rings (SSSR count). The van der Waals surface area contributed by atoms with Gasteiger partial charge >= 0.3 is 0 Å². The lowest BCUT2D eigenvalue weighted by Crippen LogP contribution is -2.00. The number of nitriles is 1. The maximum Gasteiger partial charge on any atom is 0.0628 e. The lowest BCUT2D eigenvalue weighted by atomic mass is 9.99. The first-order valence-electron chi connectivity index (χ1n) is 4.21. The standard InChI is InChI=1S/C10H9ClN2/c11-8-1-2-9-7(3-4-12)6-13-10(9)5-8/h1-2,5,7,13H,3,6H2. The van der Waals surface area contributed by atoms with Gasteiger partial charge < -0.3 is 5.32 Å². The zero-order valence-corrected chi connectivity index (χ0v) is 7.80. The Morgan fingerprint density at radius 1 is 1.62 bits per heavy atom. The monoisotopic (exact) mass is 192 g/mol. The minimum atomic E-state index is 0.331. The molecule has 1 unspecified atom stereocenters. The Balaban J connectivity index is 2.34. The number of hydrogen-bond donors (Lipinski definition) is 1. The maximum absolute atomic E-state index is 8.60. The predicted octanol–water partition coefficient (Wildman–Crippen LogP) is 2.76. The predicted molar refractivity (Wildman–Crippen MR) is 52.9 cm³/mol. The van der Waals surface area contributed by atoms with Crippen LogP contribution in [0, 0.1) is 11.3 Å². The van der Waals surface area contributed by atoms with Gasteiger partial charge in [0.15, 0.2) is 0 Å². The van der Waals surface area contributed by atoms with E-state index in [1.807, 2.05) is 18.2 Å². The SMILES string of the molecule is N#CCC1CNc2cc(Cl)ccc21. The molecule has 0 amide bonds. The minimum Gasteiger partial charge on any atom is -0.384 e. The van der Waals surface area contributed by atoms with Crippen LogP contribution in [0.5, 0.6) is 0 Å². The molecule has 13 heavy (non-hydrogen) atoms. The quantitative estimate of drug-likeness (QED) is 0.743. The molecule has 66 valence electrons. The van der Waals surface area contributed by atoms with Crippen LogP contribution in [-0.4, -0.2) is 6.54 Å². The molecule has 0 aromatic heterocycles. The van der Waals surface area contributed by atoms with Gasteiger partial charge in [-0.1, -0.05) is 17.7 Å². The van der Waals surface area contributed by atoms with Crippen LogP contribution in [0.4, 0.5) is 5.69 Å². The Morgan fingerprint density at radius 3 is 3.23 bits per heavy atom. The molecule has 2 nitrogen and oxygen atoms in total. The van der Waals surface area contributed by atoms with Crippen LogP contribution in [0.3, 0.4) is 0 Å². The van der Waals surface area contributed by atoms with E-state index in [-0.39, 0.29) is 0 Å². The molecule has 1 N–H and O–H groups in total. The van der Waals surface area contributed by atoms with Crippen molar-refractivity contribution in [3.05, 3.63) is 28.8 Å². The van der Waals surface area contributed by atoms with Crippen molar-refractivity contribution in [2.24, 2.45) is 0 Å². The van der Waals surface area contributed by atoms with E-state index < -0.39 is 0 Å². The van der Waals surface area contributed by atoms with E-state index in [0.29, 0.717) is 12.3 Å². The zero-order valence-electron chi connectivity index (χ0n) is 7.05. The molecule has 0 bridgehead atoms. The molecule has 0 radical (unpaired) electrons. The summed E-state index contributed by atoms with van der Waals surface area (Å²) in [5.74, 6) is 0.331. The summed E-state index contributed by atoms with van der Waals surface area (Å²) in [7, 11) is 0. The Bertz CT molecular complexity index is 368. The molecule has 0 spiro atoms.